The highest BCUT2D eigenvalue weighted by atomic mass is 16.5. The molecule has 1 heterocycles. The molecule has 0 N–H and O–H groups in total. The number of rotatable bonds is 4. The first-order valence-corrected chi connectivity index (χ1v) is 6.62. The van der Waals surface area contributed by atoms with E-state index in [1.165, 1.54) is 6.07 Å². The smallest absolute Gasteiger partial charge is 0.338 e. The van der Waals surface area contributed by atoms with Crippen molar-refractivity contribution < 1.29 is 19.1 Å². The van der Waals surface area contributed by atoms with E-state index in [-0.39, 0.29) is 30.6 Å². The van der Waals surface area contributed by atoms with Crippen LogP contribution in [0.3, 0.4) is 0 Å². The van der Waals surface area contributed by atoms with Gasteiger partial charge in [0.05, 0.1) is 17.9 Å². The number of benzene rings is 1. The predicted octanol–water partition coefficient (Wildman–Crippen LogP) is 2.15. The molecule has 1 aliphatic rings. The summed E-state index contributed by atoms with van der Waals surface area (Å²) in [7, 11) is 0. The van der Waals surface area contributed by atoms with Crippen LogP contribution in [0.2, 0.25) is 0 Å². The van der Waals surface area contributed by atoms with E-state index >= 15 is 0 Å². The van der Waals surface area contributed by atoms with E-state index < -0.39 is 5.97 Å². The number of nitrogens with zero attached hydrogens (tertiary/aromatic N) is 1. The second kappa shape index (κ2) is 5.86. The van der Waals surface area contributed by atoms with Gasteiger partial charge in [0.2, 0.25) is 11.8 Å². The van der Waals surface area contributed by atoms with Crippen LogP contribution in [0.15, 0.2) is 24.3 Å². The number of hydrogen-bond acceptors (Lipinski definition) is 4. The molecule has 0 atom stereocenters. The lowest BCUT2D eigenvalue weighted by molar-refractivity contribution is -0.121. The van der Waals surface area contributed by atoms with Gasteiger partial charge in [-0.2, -0.15) is 0 Å². The standard InChI is InChI=1S/C15H17NO4/c1-10(2)9-20-15(19)11-4-3-5-12(8-11)16-13(17)6-7-14(16)18/h3-5,8,10H,6-7,9H2,1-2H3. The Hall–Kier alpha value is -2.17. The molecule has 5 nitrogen and oxygen atoms in total. The van der Waals surface area contributed by atoms with Gasteiger partial charge in [-0.3, -0.25) is 14.5 Å². The second-order valence-electron chi connectivity index (χ2n) is 5.17. The van der Waals surface area contributed by atoms with E-state index in [9.17, 15) is 14.4 Å². The number of hydrogen-bond donors (Lipinski definition) is 0. The minimum Gasteiger partial charge on any atom is -0.462 e. The van der Waals surface area contributed by atoms with Gasteiger partial charge in [-0.25, -0.2) is 4.79 Å². The molecule has 1 aromatic rings. The molecular formula is C15H17NO4. The number of ether oxygens (including phenoxy) is 1. The van der Waals surface area contributed by atoms with Gasteiger partial charge in [-0.15, -0.1) is 0 Å². The zero-order valence-electron chi connectivity index (χ0n) is 11.6. The van der Waals surface area contributed by atoms with Gasteiger partial charge in [0, 0.05) is 12.8 Å². The zero-order chi connectivity index (χ0) is 14.7. The number of imide groups is 1. The second-order valence-corrected chi connectivity index (χ2v) is 5.17. The molecule has 2 amide bonds. The van der Waals surface area contributed by atoms with Crippen LogP contribution < -0.4 is 4.90 Å². The van der Waals surface area contributed by atoms with E-state index in [1.54, 1.807) is 18.2 Å². The Labute approximate surface area is 117 Å². The van der Waals surface area contributed by atoms with Crippen LogP contribution in [0.1, 0.15) is 37.0 Å². The topological polar surface area (TPSA) is 63.7 Å². The summed E-state index contributed by atoms with van der Waals surface area (Å²) in [5, 5.41) is 0. The summed E-state index contributed by atoms with van der Waals surface area (Å²) in [4.78, 5) is 36.3. The van der Waals surface area contributed by atoms with Crippen LogP contribution >= 0.6 is 0 Å². The highest BCUT2D eigenvalue weighted by molar-refractivity contribution is 6.20. The third-order valence-electron chi connectivity index (χ3n) is 2.94. The first kappa shape index (κ1) is 14.2. The fourth-order valence-electron chi connectivity index (χ4n) is 1.96. The quantitative estimate of drug-likeness (QED) is 0.624. The summed E-state index contributed by atoms with van der Waals surface area (Å²) in [6.45, 7) is 4.24. The Bertz CT molecular complexity index is 535. The van der Waals surface area contributed by atoms with E-state index in [4.69, 9.17) is 4.74 Å². The molecule has 0 saturated carbocycles. The molecule has 0 aromatic heterocycles. The SMILES string of the molecule is CC(C)COC(=O)c1cccc(N2C(=O)CCC2=O)c1. The number of carbonyl (C=O) groups is 3. The minimum atomic E-state index is -0.445. The van der Waals surface area contributed by atoms with Gasteiger partial charge in [-0.05, 0) is 24.1 Å². The fraction of sp³-hybridized carbons (Fsp3) is 0.400. The Morgan fingerprint density at radius 3 is 2.50 bits per heavy atom. The molecule has 5 heteroatoms. The van der Waals surface area contributed by atoms with Crippen LogP contribution in [0, 0.1) is 5.92 Å². The van der Waals surface area contributed by atoms with Gasteiger partial charge in [0.1, 0.15) is 0 Å². The van der Waals surface area contributed by atoms with E-state index in [0.29, 0.717) is 17.9 Å². The maximum Gasteiger partial charge on any atom is 0.338 e. The molecular weight excluding hydrogens is 258 g/mol. The molecule has 1 saturated heterocycles. The van der Waals surface area contributed by atoms with E-state index in [2.05, 4.69) is 0 Å². The van der Waals surface area contributed by atoms with Crippen molar-refractivity contribution in [2.45, 2.75) is 26.7 Å². The molecule has 0 aliphatic carbocycles. The molecule has 0 bridgehead atoms. The van der Waals surface area contributed by atoms with E-state index in [0.717, 1.165) is 4.90 Å². The number of anilines is 1. The molecule has 2 rings (SSSR count). The summed E-state index contributed by atoms with van der Waals surface area (Å²) in [5.74, 6) is -0.658. The number of esters is 1. The van der Waals surface area contributed by atoms with Crippen molar-refractivity contribution in [3.8, 4) is 0 Å². The maximum absolute atomic E-state index is 11.9. The lowest BCUT2D eigenvalue weighted by Gasteiger charge is -2.14. The van der Waals surface area contributed by atoms with Crippen molar-refractivity contribution in [3.63, 3.8) is 0 Å². The molecule has 0 radical (unpaired) electrons. The van der Waals surface area contributed by atoms with Gasteiger partial charge in [0.15, 0.2) is 0 Å². The Kier molecular flexibility index (Phi) is 4.17. The molecule has 0 unspecified atom stereocenters. The van der Waals surface area contributed by atoms with Gasteiger partial charge >= 0.3 is 5.97 Å². The predicted molar refractivity (Wildman–Crippen MR) is 73.3 cm³/mol. The molecule has 20 heavy (non-hydrogen) atoms. The molecule has 1 aliphatic heterocycles. The Morgan fingerprint density at radius 1 is 1.25 bits per heavy atom. The van der Waals surface area contributed by atoms with Crippen LogP contribution in [-0.2, 0) is 14.3 Å². The number of amides is 2. The third-order valence-corrected chi connectivity index (χ3v) is 2.94. The van der Waals surface area contributed by atoms with Crippen molar-refractivity contribution in [1.29, 1.82) is 0 Å². The Morgan fingerprint density at radius 2 is 1.90 bits per heavy atom. The summed E-state index contributed by atoms with van der Waals surface area (Å²) in [6.07, 6.45) is 0.446. The highest BCUT2D eigenvalue weighted by Gasteiger charge is 2.30. The van der Waals surface area contributed by atoms with Crippen LogP contribution in [0.5, 0.6) is 0 Å². The largest absolute Gasteiger partial charge is 0.462 e. The summed E-state index contributed by atoms with van der Waals surface area (Å²) in [5.41, 5.74) is 0.771. The minimum absolute atomic E-state index is 0.223. The highest BCUT2D eigenvalue weighted by Crippen LogP contribution is 2.23. The van der Waals surface area contributed by atoms with Crippen LogP contribution in [0.25, 0.3) is 0 Å². The summed E-state index contributed by atoms with van der Waals surface area (Å²) < 4.78 is 5.13. The fourth-order valence-corrected chi connectivity index (χ4v) is 1.96. The van der Waals surface area contributed by atoms with Gasteiger partial charge in [-0.1, -0.05) is 19.9 Å². The van der Waals surface area contributed by atoms with Crippen molar-refractivity contribution in [3.05, 3.63) is 29.8 Å². The third kappa shape index (κ3) is 3.04. The van der Waals surface area contributed by atoms with Crippen molar-refractivity contribution in [2.75, 3.05) is 11.5 Å². The molecule has 106 valence electrons. The Balaban J connectivity index is 2.17. The lowest BCUT2D eigenvalue weighted by Crippen LogP contribution is -2.28. The van der Waals surface area contributed by atoms with E-state index in [1.807, 2.05) is 13.8 Å². The zero-order valence-corrected chi connectivity index (χ0v) is 11.6. The van der Waals surface area contributed by atoms with Crippen LogP contribution in [-0.4, -0.2) is 24.4 Å². The van der Waals surface area contributed by atoms with Gasteiger partial charge < -0.3 is 4.74 Å². The monoisotopic (exact) mass is 275 g/mol. The van der Waals surface area contributed by atoms with Crippen molar-refractivity contribution in [1.82, 2.24) is 0 Å². The van der Waals surface area contributed by atoms with Crippen molar-refractivity contribution >= 4 is 23.5 Å². The average Bonchev–Trinajstić information content (AvgIpc) is 2.75. The van der Waals surface area contributed by atoms with Crippen LogP contribution in [0.4, 0.5) is 5.69 Å². The van der Waals surface area contributed by atoms with Crippen molar-refractivity contribution in [2.24, 2.45) is 5.92 Å². The average molecular weight is 275 g/mol. The molecule has 0 spiro atoms. The first-order chi connectivity index (χ1) is 9.49. The lowest BCUT2D eigenvalue weighted by atomic mass is 10.2. The molecule has 1 aromatic carbocycles. The summed E-state index contributed by atoms with van der Waals surface area (Å²) in [6, 6.07) is 6.40. The summed E-state index contributed by atoms with van der Waals surface area (Å²) >= 11 is 0. The number of carbonyl (C=O) groups excluding carboxylic acids is 3. The first-order valence-electron chi connectivity index (χ1n) is 6.62. The molecule has 1 fully saturated rings. The normalized spacial score (nSPS) is 15.1. The maximum atomic E-state index is 11.9. The van der Waals surface area contributed by atoms with Gasteiger partial charge in [0.25, 0.3) is 0 Å².